The van der Waals surface area contributed by atoms with Gasteiger partial charge in [0, 0.05) is 19.7 Å². The van der Waals surface area contributed by atoms with Crippen LogP contribution in [0.3, 0.4) is 0 Å². The number of benzene rings is 2. The zero-order valence-electron chi connectivity index (χ0n) is 14.6. The van der Waals surface area contributed by atoms with Gasteiger partial charge in [0.2, 0.25) is 5.78 Å². The number of para-hydroxylation sites is 1. The second kappa shape index (κ2) is 6.15. The highest BCUT2D eigenvalue weighted by atomic mass is 16.2. The Labute approximate surface area is 151 Å². The van der Waals surface area contributed by atoms with Gasteiger partial charge in [-0.3, -0.25) is 9.59 Å². The summed E-state index contributed by atoms with van der Waals surface area (Å²) in [6.45, 7) is 0. The lowest BCUT2D eigenvalue weighted by atomic mass is 10.1. The summed E-state index contributed by atoms with van der Waals surface area (Å²) in [6, 6.07) is 22.6. The number of fused-ring (bicyclic) bond motifs is 3. The van der Waals surface area contributed by atoms with Crippen LogP contribution >= 0.6 is 0 Å². The van der Waals surface area contributed by atoms with Crippen LogP contribution in [0.1, 0.15) is 26.4 Å². The Morgan fingerprint density at radius 2 is 1.50 bits per heavy atom. The monoisotopic (exact) mass is 342 g/mol. The maximum Gasteiger partial charge on any atom is 0.255 e. The smallest absolute Gasteiger partial charge is 0.255 e. The molecule has 4 heteroatoms. The van der Waals surface area contributed by atoms with E-state index in [0.717, 1.165) is 16.4 Å². The molecule has 4 rings (SSSR count). The van der Waals surface area contributed by atoms with Gasteiger partial charge in [0.1, 0.15) is 0 Å². The van der Waals surface area contributed by atoms with Gasteiger partial charge in [-0.1, -0.05) is 54.6 Å². The minimum absolute atomic E-state index is 0.102. The molecule has 4 aromatic rings. The Morgan fingerprint density at radius 3 is 2.23 bits per heavy atom. The lowest BCUT2D eigenvalue weighted by molar-refractivity contribution is 0.0829. The number of hydrogen-bond donors (Lipinski definition) is 0. The number of pyridine rings is 1. The van der Waals surface area contributed by atoms with Crippen molar-refractivity contribution in [2.75, 3.05) is 14.1 Å². The topological polar surface area (TPSA) is 41.8 Å². The van der Waals surface area contributed by atoms with Crippen LogP contribution in [0.2, 0.25) is 0 Å². The van der Waals surface area contributed by atoms with Gasteiger partial charge >= 0.3 is 0 Å². The van der Waals surface area contributed by atoms with E-state index in [4.69, 9.17) is 0 Å². The van der Waals surface area contributed by atoms with E-state index < -0.39 is 0 Å². The van der Waals surface area contributed by atoms with Gasteiger partial charge in [0.15, 0.2) is 0 Å². The third-order valence-corrected chi connectivity index (χ3v) is 4.54. The first-order valence-electron chi connectivity index (χ1n) is 8.42. The Bertz CT molecular complexity index is 1140. The highest BCUT2D eigenvalue weighted by molar-refractivity contribution is 6.13. The number of aromatic nitrogens is 1. The molecule has 0 aliphatic heterocycles. The lowest BCUT2D eigenvalue weighted by Crippen LogP contribution is -2.21. The molecular formula is C22H18N2O2. The fourth-order valence-electron chi connectivity index (χ4n) is 3.27. The maximum atomic E-state index is 13.2. The predicted molar refractivity (Wildman–Crippen MR) is 103 cm³/mol. The van der Waals surface area contributed by atoms with Crippen molar-refractivity contribution in [2.24, 2.45) is 0 Å². The summed E-state index contributed by atoms with van der Waals surface area (Å²) in [5.74, 6) is -0.223. The standard InChI is InChI=1S/C22H18N2O2/c1-23(2)22(26)17-14-20(21(25)16-9-4-3-5-10-16)24-18-11-7-6-8-15(18)12-13-19(17)24/h3-14H,1-2H3. The van der Waals surface area contributed by atoms with E-state index in [1.165, 1.54) is 4.90 Å². The fraction of sp³-hybridized carbons (Fsp3) is 0.0909. The van der Waals surface area contributed by atoms with Gasteiger partial charge in [-0.25, -0.2) is 0 Å². The lowest BCUT2D eigenvalue weighted by Gasteiger charge is -2.10. The van der Waals surface area contributed by atoms with Crippen molar-refractivity contribution in [3.05, 3.63) is 89.6 Å². The normalized spacial score (nSPS) is 11.0. The van der Waals surface area contributed by atoms with E-state index >= 15 is 0 Å². The number of carbonyl (C=O) groups is 2. The van der Waals surface area contributed by atoms with Crippen molar-refractivity contribution in [3.63, 3.8) is 0 Å². The molecule has 0 saturated heterocycles. The minimum Gasteiger partial charge on any atom is -0.345 e. The predicted octanol–water partition coefficient (Wildman–Crippen LogP) is 4.03. The van der Waals surface area contributed by atoms with Crippen LogP contribution in [-0.2, 0) is 0 Å². The van der Waals surface area contributed by atoms with Crippen molar-refractivity contribution in [3.8, 4) is 0 Å². The first kappa shape index (κ1) is 16.1. The van der Waals surface area contributed by atoms with Gasteiger partial charge in [0.25, 0.3) is 5.91 Å². The number of nitrogens with zero attached hydrogens (tertiary/aromatic N) is 2. The second-order valence-electron chi connectivity index (χ2n) is 6.45. The number of hydrogen-bond acceptors (Lipinski definition) is 2. The number of rotatable bonds is 3. The van der Waals surface area contributed by atoms with Crippen LogP contribution in [0.5, 0.6) is 0 Å². The molecular weight excluding hydrogens is 324 g/mol. The van der Waals surface area contributed by atoms with Crippen molar-refractivity contribution in [1.82, 2.24) is 9.30 Å². The number of ketones is 1. The molecule has 0 aliphatic carbocycles. The summed E-state index contributed by atoms with van der Waals surface area (Å²) >= 11 is 0. The molecule has 2 heterocycles. The Hall–Kier alpha value is -3.40. The quantitative estimate of drug-likeness (QED) is 0.528. The molecule has 26 heavy (non-hydrogen) atoms. The van der Waals surface area contributed by atoms with Gasteiger partial charge in [0.05, 0.1) is 22.3 Å². The van der Waals surface area contributed by atoms with E-state index in [2.05, 4.69) is 0 Å². The van der Waals surface area contributed by atoms with Crippen molar-refractivity contribution in [2.45, 2.75) is 0 Å². The fourth-order valence-corrected chi connectivity index (χ4v) is 3.27. The maximum absolute atomic E-state index is 13.2. The van der Waals surface area contributed by atoms with Crippen molar-refractivity contribution < 1.29 is 9.59 Å². The first-order chi connectivity index (χ1) is 12.6. The zero-order valence-corrected chi connectivity index (χ0v) is 14.6. The Morgan fingerprint density at radius 1 is 0.808 bits per heavy atom. The molecule has 1 amide bonds. The minimum atomic E-state index is -0.120. The van der Waals surface area contributed by atoms with E-state index in [0.29, 0.717) is 16.8 Å². The summed E-state index contributed by atoms with van der Waals surface area (Å²) in [7, 11) is 3.43. The molecule has 4 nitrogen and oxygen atoms in total. The van der Waals surface area contributed by atoms with Crippen LogP contribution in [-0.4, -0.2) is 35.1 Å². The Kier molecular flexibility index (Phi) is 3.81. The molecule has 0 N–H and O–H groups in total. The van der Waals surface area contributed by atoms with Crippen LogP contribution in [0, 0.1) is 0 Å². The van der Waals surface area contributed by atoms with Gasteiger partial charge in [-0.15, -0.1) is 0 Å². The molecule has 0 aliphatic rings. The molecule has 0 bridgehead atoms. The largest absolute Gasteiger partial charge is 0.345 e. The van der Waals surface area contributed by atoms with Crippen LogP contribution in [0.25, 0.3) is 16.4 Å². The van der Waals surface area contributed by atoms with Crippen LogP contribution in [0.4, 0.5) is 0 Å². The highest BCUT2D eigenvalue weighted by Gasteiger charge is 2.22. The average Bonchev–Trinajstić information content (AvgIpc) is 3.07. The summed E-state index contributed by atoms with van der Waals surface area (Å²) in [5, 5.41) is 1.02. The van der Waals surface area contributed by atoms with Crippen LogP contribution in [0.15, 0.2) is 72.8 Å². The summed E-state index contributed by atoms with van der Waals surface area (Å²) in [4.78, 5) is 27.4. The molecule has 0 atom stereocenters. The second-order valence-corrected chi connectivity index (χ2v) is 6.45. The first-order valence-corrected chi connectivity index (χ1v) is 8.42. The molecule has 2 aromatic carbocycles. The van der Waals surface area contributed by atoms with E-state index in [-0.39, 0.29) is 11.7 Å². The summed E-state index contributed by atoms with van der Waals surface area (Å²) in [5.41, 5.74) is 3.26. The molecule has 2 aromatic heterocycles. The van der Waals surface area contributed by atoms with Gasteiger partial charge < -0.3 is 9.30 Å². The summed E-state index contributed by atoms with van der Waals surface area (Å²) < 4.78 is 1.89. The zero-order chi connectivity index (χ0) is 18.3. The van der Waals surface area contributed by atoms with Gasteiger partial charge in [-0.05, 0) is 23.6 Å². The highest BCUT2D eigenvalue weighted by Crippen LogP contribution is 2.26. The third kappa shape index (κ3) is 2.47. The van der Waals surface area contributed by atoms with Crippen LogP contribution < -0.4 is 0 Å². The van der Waals surface area contributed by atoms with Crippen molar-refractivity contribution >= 4 is 28.1 Å². The van der Waals surface area contributed by atoms with Crippen molar-refractivity contribution in [1.29, 1.82) is 0 Å². The molecule has 0 spiro atoms. The average molecular weight is 342 g/mol. The number of carbonyl (C=O) groups excluding carboxylic acids is 2. The third-order valence-electron chi connectivity index (χ3n) is 4.54. The van der Waals surface area contributed by atoms with E-state index in [1.807, 2.05) is 59.0 Å². The molecule has 0 radical (unpaired) electrons. The summed E-state index contributed by atoms with van der Waals surface area (Å²) in [6.07, 6.45) is 0. The molecule has 0 fully saturated rings. The molecule has 0 saturated carbocycles. The Balaban J connectivity index is 2.07. The van der Waals surface area contributed by atoms with E-state index in [1.54, 1.807) is 32.3 Å². The SMILES string of the molecule is CN(C)C(=O)c1cc(C(=O)c2ccccc2)n2c1ccc1ccccc12. The van der Waals surface area contributed by atoms with Gasteiger partial charge in [-0.2, -0.15) is 0 Å². The molecule has 0 unspecified atom stereocenters. The number of amides is 1. The molecule has 128 valence electrons. The van der Waals surface area contributed by atoms with E-state index in [9.17, 15) is 9.59 Å².